The molecule has 0 radical (unpaired) electrons. The molecular weight excluding hydrogens is 280 g/mol. The van der Waals surface area contributed by atoms with Crippen molar-refractivity contribution >= 4 is 11.6 Å². The quantitative estimate of drug-likeness (QED) is 0.852. The second kappa shape index (κ2) is 6.22. The summed E-state index contributed by atoms with van der Waals surface area (Å²) in [6.45, 7) is 2.09. The lowest BCUT2D eigenvalue weighted by Gasteiger charge is -2.12. The summed E-state index contributed by atoms with van der Waals surface area (Å²) in [5, 5.41) is 0. The van der Waals surface area contributed by atoms with E-state index in [0.717, 1.165) is 11.3 Å². The van der Waals surface area contributed by atoms with Crippen LogP contribution in [-0.2, 0) is 0 Å². The van der Waals surface area contributed by atoms with Crippen LogP contribution in [0.5, 0.6) is 11.5 Å². The molecule has 0 bridgehead atoms. The van der Waals surface area contributed by atoms with E-state index < -0.39 is 0 Å². The number of fused-ring (bicyclic) bond motifs is 1. The number of hydrogen-bond acceptors (Lipinski definition) is 4. The molecule has 5 heteroatoms. The van der Waals surface area contributed by atoms with E-state index in [0.29, 0.717) is 17.1 Å². The Morgan fingerprint density at radius 3 is 2.55 bits per heavy atom. The average molecular weight is 296 g/mol. The van der Waals surface area contributed by atoms with Gasteiger partial charge in [-0.3, -0.25) is 15.6 Å². The van der Waals surface area contributed by atoms with Crippen LogP contribution in [0.4, 0.5) is 0 Å². The minimum absolute atomic E-state index is 0.190. The molecule has 1 heterocycles. The van der Waals surface area contributed by atoms with Crippen molar-refractivity contribution in [3.8, 4) is 11.5 Å². The van der Waals surface area contributed by atoms with Crippen molar-refractivity contribution in [3.05, 3.63) is 65.7 Å². The van der Waals surface area contributed by atoms with Crippen LogP contribution in [0.3, 0.4) is 0 Å². The maximum absolute atomic E-state index is 12.2. The van der Waals surface area contributed by atoms with Gasteiger partial charge in [-0.05, 0) is 30.7 Å². The van der Waals surface area contributed by atoms with Gasteiger partial charge in [0, 0.05) is 5.56 Å². The maximum atomic E-state index is 12.2. The SMILES string of the molecule is C/C=C(\NNC(=O)c1ccc2c(c1)OCO2)c1ccccc1. The number of hydrogen-bond donors (Lipinski definition) is 2. The molecule has 0 saturated heterocycles. The molecule has 1 amide bonds. The highest BCUT2D eigenvalue weighted by Gasteiger charge is 2.16. The van der Waals surface area contributed by atoms with E-state index >= 15 is 0 Å². The minimum atomic E-state index is -0.242. The Morgan fingerprint density at radius 1 is 1.00 bits per heavy atom. The van der Waals surface area contributed by atoms with Gasteiger partial charge in [-0.15, -0.1) is 0 Å². The van der Waals surface area contributed by atoms with Crippen molar-refractivity contribution in [1.82, 2.24) is 10.9 Å². The Morgan fingerprint density at radius 2 is 1.77 bits per heavy atom. The number of ether oxygens (including phenoxy) is 2. The average Bonchev–Trinajstić information content (AvgIpc) is 3.03. The predicted octanol–water partition coefficient (Wildman–Crippen LogP) is 2.71. The zero-order valence-corrected chi connectivity index (χ0v) is 12.1. The monoisotopic (exact) mass is 296 g/mol. The molecule has 0 saturated carbocycles. The van der Waals surface area contributed by atoms with Gasteiger partial charge in [0.2, 0.25) is 6.79 Å². The molecule has 3 rings (SSSR count). The molecule has 0 aliphatic carbocycles. The predicted molar refractivity (Wildman–Crippen MR) is 83.3 cm³/mol. The topological polar surface area (TPSA) is 59.6 Å². The Balaban J connectivity index is 1.67. The van der Waals surface area contributed by atoms with E-state index in [9.17, 15) is 4.79 Å². The maximum Gasteiger partial charge on any atom is 0.269 e. The van der Waals surface area contributed by atoms with Crippen LogP contribution in [0.1, 0.15) is 22.8 Å². The summed E-state index contributed by atoms with van der Waals surface area (Å²) in [5.74, 6) is 0.999. The van der Waals surface area contributed by atoms with Crippen molar-refractivity contribution in [2.75, 3.05) is 6.79 Å². The first-order chi connectivity index (χ1) is 10.8. The molecule has 0 fully saturated rings. The van der Waals surface area contributed by atoms with Crippen LogP contribution in [0, 0.1) is 0 Å². The second-order valence-electron chi connectivity index (χ2n) is 4.72. The number of carbonyl (C=O) groups is 1. The van der Waals surface area contributed by atoms with E-state index in [4.69, 9.17) is 9.47 Å². The molecule has 0 unspecified atom stereocenters. The van der Waals surface area contributed by atoms with Gasteiger partial charge in [-0.2, -0.15) is 0 Å². The standard InChI is InChI=1S/C17H16N2O3/c1-2-14(12-6-4-3-5-7-12)18-19-17(20)13-8-9-15-16(10-13)22-11-21-15/h2-10,18H,11H2,1H3,(H,19,20)/b14-2-. The van der Waals surface area contributed by atoms with Crippen molar-refractivity contribution in [3.63, 3.8) is 0 Å². The smallest absolute Gasteiger partial charge is 0.269 e. The summed E-state index contributed by atoms with van der Waals surface area (Å²) in [6.07, 6.45) is 1.90. The summed E-state index contributed by atoms with van der Waals surface area (Å²) in [4.78, 5) is 12.2. The lowest BCUT2D eigenvalue weighted by molar-refractivity contribution is 0.0942. The molecule has 1 aliphatic rings. The van der Waals surface area contributed by atoms with Crippen LogP contribution >= 0.6 is 0 Å². The summed E-state index contributed by atoms with van der Waals surface area (Å²) in [6, 6.07) is 14.9. The highest BCUT2D eigenvalue weighted by Crippen LogP contribution is 2.32. The summed E-state index contributed by atoms with van der Waals surface area (Å²) in [5.41, 5.74) is 7.95. The molecule has 0 spiro atoms. The van der Waals surface area contributed by atoms with Crippen LogP contribution in [0.15, 0.2) is 54.6 Å². The Labute approximate surface area is 128 Å². The van der Waals surface area contributed by atoms with Crippen LogP contribution in [-0.4, -0.2) is 12.7 Å². The van der Waals surface area contributed by atoms with Crippen LogP contribution in [0.25, 0.3) is 5.70 Å². The van der Waals surface area contributed by atoms with Gasteiger partial charge >= 0.3 is 0 Å². The molecular formula is C17H16N2O3. The Hall–Kier alpha value is -2.95. The van der Waals surface area contributed by atoms with Crippen LogP contribution < -0.4 is 20.3 Å². The van der Waals surface area contributed by atoms with Gasteiger partial charge in [0.05, 0.1) is 5.70 Å². The molecule has 2 N–H and O–H groups in total. The zero-order chi connectivity index (χ0) is 15.4. The number of nitrogens with one attached hydrogen (secondary N) is 2. The number of amides is 1. The van der Waals surface area contributed by atoms with Crippen LogP contribution in [0.2, 0.25) is 0 Å². The first-order valence-electron chi connectivity index (χ1n) is 6.95. The van der Waals surface area contributed by atoms with Gasteiger partial charge in [0.25, 0.3) is 5.91 Å². The molecule has 22 heavy (non-hydrogen) atoms. The highest BCUT2D eigenvalue weighted by molar-refractivity contribution is 5.95. The first kappa shape index (κ1) is 14.0. The van der Waals surface area contributed by atoms with E-state index in [1.165, 1.54) is 0 Å². The summed E-state index contributed by atoms with van der Waals surface area (Å²) >= 11 is 0. The first-order valence-corrected chi connectivity index (χ1v) is 6.95. The van der Waals surface area contributed by atoms with E-state index in [1.807, 2.05) is 43.3 Å². The Bertz CT molecular complexity index is 711. The number of carbonyl (C=O) groups excluding carboxylic acids is 1. The molecule has 2 aromatic rings. The summed E-state index contributed by atoms with van der Waals surface area (Å²) in [7, 11) is 0. The van der Waals surface area contributed by atoms with Crippen molar-refractivity contribution < 1.29 is 14.3 Å². The lowest BCUT2D eigenvalue weighted by atomic mass is 10.1. The van der Waals surface area contributed by atoms with Gasteiger partial charge in [0.15, 0.2) is 11.5 Å². The summed E-state index contributed by atoms with van der Waals surface area (Å²) < 4.78 is 10.5. The second-order valence-corrected chi connectivity index (χ2v) is 4.72. The molecule has 5 nitrogen and oxygen atoms in total. The fourth-order valence-corrected chi connectivity index (χ4v) is 2.16. The molecule has 0 aromatic heterocycles. The zero-order valence-electron chi connectivity index (χ0n) is 12.1. The van der Waals surface area contributed by atoms with E-state index in [2.05, 4.69) is 10.9 Å². The van der Waals surface area contributed by atoms with Gasteiger partial charge in [-0.1, -0.05) is 36.4 Å². The van der Waals surface area contributed by atoms with Gasteiger partial charge < -0.3 is 9.47 Å². The molecule has 1 aliphatic heterocycles. The number of hydrazine groups is 1. The molecule has 2 aromatic carbocycles. The van der Waals surface area contributed by atoms with Crippen molar-refractivity contribution in [2.24, 2.45) is 0 Å². The largest absolute Gasteiger partial charge is 0.454 e. The van der Waals surface area contributed by atoms with Crippen molar-refractivity contribution in [2.45, 2.75) is 6.92 Å². The van der Waals surface area contributed by atoms with E-state index in [1.54, 1.807) is 18.2 Å². The highest BCUT2D eigenvalue weighted by atomic mass is 16.7. The normalized spacial score (nSPS) is 12.9. The van der Waals surface area contributed by atoms with Gasteiger partial charge in [0.1, 0.15) is 0 Å². The minimum Gasteiger partial charge on any atom is -0.454 e. The number of benzene rings is 2. The van der Waals surface area contributed by atoms with E-state index in [-0.39, 0.29) is 12.7 Å². The van der Waals surface area contributed by atoms with Crippen molar-refractivity contribution in [1.29, 1.82) is 0 Å². The fourth-order valence-electron chi connectivity index (χ4n) is 2.16. The fraction of sp³-hybridized carbons (Fsp3) is 0.118. The third-order valence-electron chi connectivity index (χ3n) is 3.32. The molecule has 112 valence electrons. The third kappa shape index (κ3) is 2.88. The number of allylic oxidation sites excluding steroid dienone is 1. The Kier molecular flexibility index (Phi) is 3.96. The van der Waals surface area contributed by atoms with Gasteiger partial charge in [-0.25, -0.2) is 0 Å². The number of rotatable bonds is 4. The third-order valence-corrected chi connectivity index (χ3v) is 3.32. The molecule has 0 atom stereocenters. The lowest BCUT2D eigenvalue weighted by Crippen LogP contribution is -2.36.